The van der Waals surface area contributed by atoms with Gasteiger partial charge in [-0.2, -0.15) is 0 Å². The minimum absolute atomic E-state index is 0.0357. The van der Waals surface area contributed by atoms with Crippen LogP contribution in [-0.4, -0.2) is 34.5 Å². The maximum absolute atomic E-state index is 12.4. The molecule has 18 heavy (non-hydrogen) atoms. The minimum atomic E-state index is -0.186. The summed E-state index contributed by atoms with van der Waals surface area (Å²) in [6, 6.07) is 4.73. The number of aromatic hydroxyl groups is 1. The first-order valence-electron chi connectivity index (χ1n) is 6.04. The van der Waals surface area contributed by atoms with Crippen LogP contribution in [-0.2, 0) is 0 Å². The molecule has 0 saturated carbocycles. The Kier molecular flexibility index (Phi) is 3.78. The zero-order valence-electron chi connectivity index (χ0n) is 10.3. The molecule has 1 aliphatic heterocycles. The van der Waals surface area contributed by atoms with Crippen molar-refractivity contribution in [2.75, 3.05) is 6.54 Å². The predicted molar refractivity (Wildman–Crippen MR) is 70.8 cm³/mol. The fourth-order valence-electron chi connectivity index (χ4n) is 2.34. The van der Waals surface area contributed by atoms with Crippen LogP contribution in [0, 0.1) is 0 Å². The number of hydrogen-bond acceptors (Lipinski definition) is 3. The first kappa shape index (κ1) is 13.2. The van der Waals surface area contributed by atoms with Crippen molar-refractivity contribution >= 4 is 17.5 Å². The molecule has 1 amide bonds. The molecule has 1 aromatic rings. The van der Waals surface area contributed by atoms with E-state index in [0.29, 0.717) is 11.6 Å². The van der Waals surface area contributed by atoms with Crippen molar-refractivity contribution in [1.29, 1.82) is 0 Å². The Labute approximate surface area is 111 Å². The van der Waals surface area contributed by atoms with E-state index in [2.05, 4.69) is 0 Å². The van der Waals surface area contributed by atoms with Gasteiger partial charge in [-0.15, -0.1) is 0 Å². The van der Waals surface area contributed by atoms with Crippen LogP contribution in [0.4, 0.5) is 0 Å². The summed E-state index contributed by atoms with van der Waals surface area (Å²) in [5.41, 5.74) is 6.13. The van der Waals surface area contributed by atoms with E-state index in [4.69, 9.17) is 17.3 Å². The van der Waals surface area contributed by atoms with Crippen LogP contribution in [0.1, 0.15) is 30.1 Å². The second-order valence-electron chi connectivity index (χ2n) is 4.79. The van der Waals surface area contributed by atoms with E-state index >= 15 is 0 Å². The monoisotopic (exact) mass is 268 g/mol. The summed E-state index contributed by atoms with van der Waals surface area (Å²) >= 11 is 5.86. The van der Waals surface area contributed by atoms with Gasteiger partial charge in [-0.3, -0.25) is 4.79 Å². The van der Waals surface area contributed by atoms with Gasteiger partial charge in [-0.05, 0) is 38.0 Å². The number of carbonyl (C=O) groups excluding carboxylic acids is 1. The summed E-state index contributed by atoms with van der Waals surface area (Å²) in [4.78, 5) is 14.1. The lowest BCUT2D eigenvalue weighted by Crippen LogP contribution is -2.48. The van der Waals surface area contributed by atoms with Gasteiger partial charge in [0.15, 0.2) is 0 Å². The van der Waals surface area contributed by atoms with Crippen molar-refractivity contribution in [3.63, 3.8) is 0 Å². The molecule has 2 atom stereocenters. The molecule has 0 spiro atoms. The van der Waals surface area contributed by atoms with E-state index in [-0.39, 0.29) is 29.3 Å². The van der Waals surface area contributed by atoms with Gasteiger partial charge in [-0.25, -0.2) is 0 Å². The first-order chi connectivity index (χ1) is 8.49. The topological polar surface area (TPSA) is 66.6 Å². The number of benzene rings is 1. The average molecular weight is 269 g/mol. The van der Waals surface area contributed by atoms with E-state index in [1.54, 1.807) is 11.0 Å². The van der Waals surface area contributed by atoms with Crippen molar-refractivity contribution in [2.24, 2.45) is 5.73 Å². The molecule has 1 aromatic carbocycles. The maximum Gasteiger partial charge on any atom is 0.257 e. The van der Waals surface area contributed by atoms with Crippen LogP contribution < -0.4 is 5.73 Å². The van der Waals surface area contributed by atoms with Gasteiger partial charge in [0.25, 0.3) is 5.91 Å². The molecule has 1 fully saturated rings. The van der Waals surface area contributed by atoms with Crippen molar-refractivity contribution in [3.8, 4) is 5.75 Å². The second-order valence-corrected chi connectivity index (χ2v) is 5.23. The first-order valence-corrected chi connectivity index (χ1v) is 6.42. The Bertz CT molecular complexity index is 464. The van der Waals surface area contributed by atoms with Gasteiger partial charge in [0, 0.05) is 23.7 Å². The molecular formula is C13H17ClN2O2. The smallest absolute Gasteiger partial charge is 0.257 e. The highest BCUT2D eigenvalue weighted by atomic mass is 35.5. The molecule has 1 aliphatic rings. The van der Waals surface area contributed by atoms with E-state index in [0.717, 1.165) is 12.8 Å². The summed E-state index contributed by atoms with van der Waals surface area (Å²) < 4.78 is 0. The lowest BCUT2D eigenvalue weighted by Gasteiger charge is -2.36. The van der Waals surface area contributed by atoms with Crippen molar-refractivity contribution < 1.29 is 9.90 Å². The van der Waals surface area contributed by atoms with Crippen LogP contribution in [0.15, 0.2) is 18.2 Å². The van der Waals surface area contributed by atoms with E-state index in [1.807, 2.05) is 6.92 Å². The Morgan fingerprint density at radius 1 is 1.56 bits per heavy atom. The normalized spacial score (nSPS) is 24.1. The molecule has 2 unspecified atom stereocenters. The van der Waals surface area contributed by atoms with Crippen molar-refractivity contribution in [1.82, 2.24) is 4.90 Å². The quantitative estimate of drug-likeness (QED) is 0.819. The van der Waals surface area contributed by atoms with Crippen LogP contribution in [0.2, 0.25) is 5.02 Å². The number of likely N-dealkylation sites (tertiary alicyclic amines) is 1. The predicted octanol–water partition coefficient (Wildman–Crippen LogP) is 2.00. The van der Waals surface area contributed by atoms with Crippen LogP contribution >= 0.6 is 11.6 Å². The number of nitrogens with two attached hydrogens (primary N) is 1. The van der Waals surface area contributed by atoms with Crippen molar-refractivity contribution in [2.45, 2.75) is 31.8 Å². The average Bonchev–Trinajstić information content (AvgIpc) is 2.31. The number of carbonyl (C=O) groups is 1. The Morgan fingerprint density at radius 3 is 2.94 bits per heavy atom. The molecule has 5 heteroatoms. The zero-order chi connectivity index (χ0) is 13.3. The van der Waals surface area contributed by atoms with Crippen LogP contribution in [0.3, 0.4) is 0 Å². The molecular weight excluding hydrogens is 252 g/mol. The van der Waals surface area contributed by atoms with Crippen molar-refractivity contribution in [3.05, 3.63) is 28.8 Å². The molecule has 0 radical (unpaired) electrons. The van der Waals surface area contributed by atoms with Gasteiger partial charge in [-0.1, -0.05) is 11.6 Å². The van der Waals surface area contributed by atoms with E-state index in [1.165, 1.54) is 12.1 Å². The summed E-state index contributed by atoms with van der Waals surface area (Å²) in [5, 5.41) is 10.2. The lowest BCUT2D eigenvalue weighted by atomic mass is 9.98. The number of amides is 1. The Hall–Kier alpha value is -1.26. The summed E-state index contributed by atoms with van der Waals surface area (Å²) in [5.74, 6) is -0.221. The third kappa shape index (κ3) is 2.60. The number of piperidine rings is 1. The number of phenolic OH excluding ortho intramolecular Hbond substituents is 1. The maximum atomic E-state index is 12.4. The minimum Gasteiger partial charge on any atom is -0.507 e. The standard InChI is InChI=1S/C13H17ClN2O2/c1-8-6-10(15)4-5-16(8)13(18)11-7-9(14)2-3-12(11)17/h2-3,7-8,10,17H,4-6,15H2,1H3. The second kappa shape index (κ2) is 5.16. The number of hydrogen-bond donors (Lipinski definition) is 2. The van der Waals surface area contributed by atoms with E-state index in [9.17, 15) is 9.90 Å². The number of nitrogens with zero attached hydrogens (tertiary/aromatic N) is 1. The highest BCUT2D eigenvalue weighted by Crippen LogP contribution is 2.26. The van der Waals surface area contributed by atoms with E-state index < -0.39 is 0 Å². The molecule has 3 N–H and O–H groups in total. The molecule has 0 aliphatic carbocycles. The highest BCUT2D eigenvalue weighted by Gasteiger charge is 2.28. The van der Waals surface area contributed by atoms with Crippen LogP contribution in [0.25, 0.3) is 0 Å². The highest BCUT2D eigenvalue weighted by molar-refractivity contribution is 6.31. The van der Waals surface area contributed by atoms with Gasteiger partial charge >= 0.3 is 0 Å². The third-order valence-electron chi connectivity index (χ3n) is 3.37. The third-order valence-corrected chi connectivity index (χ3v) is 3.60. The SMILES string of the molecule is CC1CC(N)CCN1C(=O)c1cc(Cl)ccc1O. The number of halogens is 1. The summed E-state index contributed by atoms with van der Waals surface area (Å²) in [6.45, 7) is 2.59. The molecule has 0 bridgehead atoms. The number of rotatable bonds is 1. The zero-order valence-corrected chi connectivity index (χ0v) is 11.0. The van der Waals surface area contributed by atoms with Gasteiger partial charge in [0.05, 0.1) is 5.56 Å². The molecule has 98 valence electrons. The fourth-order valence-corrected chi connectivity index (χ4v) is 2.52. The number of phenols is 1. The molecule has 2 rings (SSSR count). The molecule has 4 nitrogen and oxygen atoms in total. The fraction of sp³-hybridized carbons (Fsp3) is 0.462. The molecule has 1 heterocycles. The Morgan fingerprint density at radius 2 is 2.28 bits per heavy atom. The molecule has 0 aromatic heterocycles. The Balaban J connectivity index is 2.23. The largest absolute Gasteiger partial charge is 0.507 e. The molecule has 1 saturated heterocycles. The van der Waals surface area contributed by atoms with Crippen LogP contribution in [0.5, 0.6) is 5.75 Å². The summed E-state index contributed by atoms with van der Waals surface area (Å²) in [6.07, 6.45) is 1.57. The summed E-state index contributed by atoms with van der Waals surface area (Å²) in [7, 11) is 0. The lowest BCUT2D eigenvalue weighted by molar-refractivity contribution is 0.0616. The van der Waals surface area contributed by atoms with Gasteiger partial charge in [0.2, 0.25) is 0 Å². The van der Waals surface area contributed by atoms with Gasteiger partial charge < -0.3 is 15.7 Å². The van der Waals surface area contributed by atoms with Gasteiger partial charge in [0.1, 0.15) is 5.75 Å².